The fourth-order valence-electron chi connectivity index (χ4n) is 3.31. The number of ether oxygens (including phenoxy) is 1. The van der Waals surface area contributed by atoms with Gasteiger partial charge in [-0.3, -0.25) is 14.2 Å². The van der Waals surface area contributed by atoms with Crippen molar-refractivity contribution in [2.75, 3.05) is 7.05 Å². The number of aromatic nitrogens is 1. The number of aliphatic imine (C=N–C) groups is 1. The zero-order chi connectivity index (χ0) is 29.4. The first kappa shape index (κ1) is 31.6. The number of halogens is 1. The van der Waals surface area contributed by atoms with Gasteiger partial charge in [0.25, 0.3) is 0 Å². The molecule has 3 N–H and O–H groups in total. The van der Waals surface area contributed by atoms with Gasteiger partial charge in [-0.05, 0) is 84.4 Å². The largest absolute Gasteiger partial charge is 0.456 e. The van der Waals surface area contributed by atoms with E-state index in [1.54, 1.807) is 43.6 Å². The first-order chi connectivity index (χ1) is 18.2. The predicted octanol–water partition coefficient (Wildman–Crippen LogP) is 6.00. The number of nitrogens with zero attached hydrogens (tertiary/aromatic N) is 2. The number of fused-ring (bicyclic) bond motifs is 1. The van der Waals surface area contributed by atoms with E-state index in [0.717, 1.165) is 5.70 Å². The SMILES string of the molecule is CN/C(C=NC(C)(C)C)=C/N.Cc1c(Oc2ccnc3ccc(S(=O)C(C)(C)C)cc23)ccc(CC=O)c1F. The second kappa shape index (κ2) is 13.5. The minimum atomic E-state index is -1.20. The summed E-state index contributed by atoms with van der Waals surface area (Å²) in [5.41, 5.74) is 7.46. The van der Waals surface area contributed by atoms with Crippen molar-refractivity contribution in [3.8, 4) is 11.5 Å². The van der Waals surface area contributed by atoms with Gasteiger partial charge >= 0.3 is 0 Å². The predicted molar refractivity (Wildman–Crippen MR) is 158 cm³/mol. The van der Waals surface area contributed by atoms with Crippen molar-refractivity contribution in [1.29, 1.82) is 0 Å². The molecule has 0 aliphatic carbocycles. The number of carbonyl (C=O) groups excluding carboxylic acids is 1. The fourth-order valence-corrected chi connectivity index (χ4v) is 4.44. The highest BCUT2D eigenvalue weighted by Crippen LogP contribution is 2.34. The molecule has 3 rings (SSSR count). The van der Waals surface area contributed by atoms with Gasteiger partial charge in [-0.15, -0.1) is 0 Å². The number of pyridine rings is 1. The first-order valence-electron chi connectivity index (χ1n) is 12.6. The molecule has 1 heterocycles. The van der Waals surface area contributed by atoms with E-state index in [2.05, 4.69) is 15.3 Å². The Morgan fingerprint density at radius 2 is 1.82 bits per heavy atom. The zero-order valence-corrected chi connectivity index (χ0v) is 24.8. The number of benzene rings is 2. The molecule has 3 aromatic rings. The average Bonchev–Trinajstić information content (AvgIpc) is 2.88. The van der Waals surface area contributed by atoms with E-state index >= 15 is 0 Å². The Bertz CT molecular complexity index is 1390. The van der Waals surface area contributed by atoms with Crippen LogP contribution in [-0.4, -0.2) is 39.0 Å². The molecule has 210 valence electrons. The quantitative estimate of drug-likeness (QED) is 0.274. The third-order valence-corrected chi connectivity index (χ3v) is 7.24. The number of carbonyl (C=O) groups is 1. The van der Waals surface area contributed by atoms with Gasteiger partial charge in [-0.25, -0.2) is 4.39 Å². The van der Waals surface area contributed by atoms with E-state index in [-0.39, 0.29) is 12.0 Å². The minimum Gasteiger partial charge on any atom is -0.456 e. The van der Waals surface area contributed by atoms with E-state index in [1.807, 2.05) is 60.7 Å². The van der Waals surface area contributed by atoms with E-state index in [9.17, 15) is 13.4 Å². The summed E-state index contributed by atoms with van der Waals surface area (Å²) in [6.07, 6.45) is 5.54. The van der Waals surface area contributed by atoms with Crippen molar-refractivity contribution >= 4 is 34.2 Å². The number of rotatable bonds is 7. The Labute approximate surface area is 233 Å². The summed E-state index contributed by atoms with van der Waals surface area (Å²) in [6, 6.07) is 10.3. The summed E-state index contributed by atoms with van der Waals surface area (Å²) in [6.45, 7) is 13.5. The van der Waals surface area contributed by atoms with Gasteiger partial charge in [0.1, 0.15) is 23.6 Å². The van der Waals surface area contributed by atoms with Gasteiger partial charge in [0, 0.05) is 52.7 Å². The van der Waals surface area contributed by atoms with Crippen LogP contribution in [0.4, 0.5) is 4.39 Å². The van der Waals surface area contributed by atoms with Crippen LogP contribution in [0.2, 0.25) is 0 Å². The lowest BCUT2D eigenvalue weighted by molar-refractivity contribution is -0.107. The number of nitrogens with two attached hydrogens (primary N) is 1. The van der Waals surface area contributed by atoms with E-state index < -0.39 is 21.4 Å². The second-order valence-corrected chi connectivity index (χ2v) is 13.0. The molecule has 0 saturated carbocycles. The smallest absolute Gasteiger partial charge is 0.138 e. The number of hydrogen-bond acceptors (Lipinski definition) is 7. The Morgan fingerprint density at radius 1 is 1.13 bits per heavy atom. The molecule has 2 aromatic carbocycles. The molecule has 0 aliphatic rings. The molecule has 0 amide bonds. The minimum absolute atomic E-state index is 0.0210. The second-order valence-electron chi connectivity index (χ2n) is 10.8. The van der Waals surface area contributed by atoms with E-state index in [4.69, 9.17) is 10.5 Å². The molecule has 0 radical (unpaired) electrons. The lowest BCUT2D eigenvalue weighted by Gasteiger charge is -2.18. The summed E-state index contributed by atoms with van der Waals surface area (Å²) in [5.74, 6) is 0.419. The third-order valence-electron chi connectivity index (χ3n) is 5.44. The van der Waals surface area contributed by atoms with Crippen LogP contribution in [0.3, 0.4) is 0 Å². The van der Waals surface area contributed by atoms with Gasteiger partial charge < -0.3 is 20.6 Å². The van der Waals surface area contributed by atoms with Gasteiger partial charge in [-0.2, -0.15) is 0 Å². The van der Waals surface area contributed by atoms with Crippen molar-refractivity contribution in [3.63, 3.8) is 0 Å². The molecule has 39 heavy (non-hydrogen) atoms. The molecule has 1 unspecified atom stereocenters. The Kier molecular flexibility index (Phi) is 10.9. The summed E-state index contributed by atoms with van der Waals surface area (Å²) in [5, 5.41) is 3.61. The normalized spacial score (nSPS) is 13.1. The monoisotopic (exact) mass is 554 g/mol. The summed E-state index contributed by atoms with van der Waals surface area (Å²) in [7, 11) is 0.611. The summed E-state index contributed by atoms with van der Waals surface area (Å²) in [4.78, 5) is 20.0. The average molecular weight is 555 g/mol. The van der Waals surface area contributed by atoms with Gasteiger partial charge in [-0.1, -0.05) is 6.07 Å². The molecule has 0 fully saturated rings. The molecule has 0 spiro atoms. The Hall–Kier alpha value is -3.59. The number of allylic oxidation sites excluding steroid dienone is 1. The molecule has 0 aliphatic heterocycles. The van der Waals surface area contributed by atoms with Gasteiger partial charge in [0.15, 0.2) is 0 Å². The van der Waals surface area contributed by atoms with Crippen LogP contribution in [0.15, 0.2) is 64.4 Å². The maximum absolute atomic E-state index is 14.5. The third kappa shape index (κ3) is 8.99. The summed E-state index contributed by atoms with van der Waals surface area (Å²) >= 11 is 0. The highest BCUT2D eigenvalue weighted by atomic mass is 32.2. The van der Waals surface area contributed by atoms with Crippen LogP contribution >= 0.6 is 0 Å². The van der Waals surface area contributed by atoms with Crippen LogP contribution < -0.4 is 15.8 Å². The lowest BCUT2D eigenvalue weighted by Crippen LogP contribution is -2.21. The van der Waals surface area contributed by atoms with Crippen LogP contribution in [0, 0.1) is 12.7 Å². The maximum Gasteiger partial charge on any atom is 0.138 e. The number of aldehydes is 1. The highest BCUT2D eigenvalue weighted by molar-refractivity contribution is 7.86. The van der Waals surface area contributed by atoms with Crippen molar-refractivity contribution in [2.45, 2.75) is 70.1 Å². The molecule has 7 nitrogen and oxygen atoms in total. The lowest BCUT2D eigenvalue weighted by atomic mass is 10.1. The fraction of sp³-hybridized carbons (Fsp3) is 0.367. The maximum atomic E-state index is 14.5. The number of nitrogens with one attached hydrogen (secondary N) is 1. The molecule has 0 bridgehead atoms. The standard InChI is InChI=1S/C22H22FNO3S.C8H17N3/c1-14-19(8-5-15(10-12-25)21(14)23)27-20-9-11-24-18-7-6-16(13-17(18)20)28(26)22(2,3)4;1-8(2,3)11-6-7(5-9)10-4/h5-9,11-13H,10H2,1-4H3;5-6,10H,9H2,1-4H3/b;7-5+,11-6?. The van der Waals surface area contributed by atoms with Crippen LogP contribution in [0.5, 0.6) is 11.5 Å². The summed E-state index contributed by atoms with van der Waals surface area (Å²) < 4.78 is 32.8. The van der Waals surface area contributed by atoms with Gasteiger partial charge in [0.2, 0.25) is 0 Å². The van der Waals surface area contributed by atoms with Crippen LogP contribution in [-0.2, 0) is 22.0 Å². The topological polar surface area (TPSA) is 107 Å². The highest BCUT2D eigenvalue weighted by Gasteiger charge is 2.22. The molecular formula is C30H39FN4O3S. The number of hydrogen-bond donors (Lipinski definition) is 2. The van der Waals surface area contributed by atoms with Crippen molar-refractivity contribution < 1.29 is 18.1 Å². The van der Waals surface area contributed by atoms with E-state index in [1.165, 1.54) is 6.20 Å². The molecular weight excluding hydrogens is 515 g/mol. The zero-order valence-electron chi connectivity index (χ0n) is 24.0. The van der Waals surface area contributed by atoms with Crippen molar-refractivity contribution in [1.82, 2.24) is 10.3 Å². The van der Waals surface area contributed by atoms with Crippen LogP contribution in [0.25, 0.3) is 10.9 Å². The Balaban J connectivity index is 0.000000411. The Morgan fingerprint density at radius 3 is 2.38 bits per heavy atom. The molecule has 1 aromatic heterocycles. The van der Waals surface area contributed by atoms with Crippen molar-refractivity contribution in [3.05, 3.63) is 71.4 Å². The van der Waals surface area contributed by atoms with Gasteiger partial charge in [0.05, 0.1) is 27.6 Å². The molecule has 1 atom stereocenters. The first-order valence-corrected chi connectivity index (χ1v) is 13.7. The van der Waals surface area contributed by atoms with Crippen molar-refractivity contribution in [2.24, 2.45) is 10.7 Å². The van der Waals surface area contributed by atoms with Crippen LogP contribution in [0.1, 0.15) is 52.7 Å². The molecule has 0 saturated heterocycles. The molecule has 9 heteroatoms. The van der Waals surface area contributed by atoms with E-state index in [0.29, 0.717) is 44.7 Å².